The number of carbonyl (C=O) groups excluding carboxylic acids is 1. The molecule has 4 heteroatoms. The number of aromatic nitrogens is 2. The van der Waals surface area contributed by atoms with Crippen molar-refractivity contribution in [1.82, 2.24) is 14.9 Å². The highest BCUT2D eigenvalue weighted by Gasteiger charge is 2.22. The number of rotatable bonds is 3. The molecule has 0 bridgehead atoms. The fourth-order valence-electron chi connectivity index (χ4n) is 2.69. The fraction of sp³-hybridized carbons (Fsp3) is 0.312. The normalized spacial score (nSPS) is 14.8. The van der Waals surface area contributed by atoms with Gasteiger partial charge in [-0.25, -0.2) is 9.97 Å². The molecule has 0 N–H and O–H groups in total. The Labute approximate surface area is 118 Å². The van der Waals surface area contributed by atoms with Gasteiger partial charge in [-0.15, -0.1) is 0 Å². The van der Waals surface area contributed by atoms with E-state index in [1.807, 2.05) is 6.07 Å². The van der Waals surface area contributed by atoms with E-state index >= 15 is 0 Å². The minimum Gasteiger partial charge on any atom is -0.293 e. The summed E-state index contributed by atoms with van der Waals surface area (Å²) in [5.41, 5.74) is 3.92. The maximum Gasteiger partial charge on any atom is 0.178 e. The number of benzene rings is 1. The van der Waals surface area contributed by atoms with Crippen LogP contribution in [0.25, 0.3) is 0 Å². The van der Waals surface area contributed by atoms with E-state index in [-0.39, 0.29) is 5.78 Å². The third-order valence-electron chi connectivity index (χ3n) is 3.67. The summed E-state index contributed by atoms with van der Waals surface area (Å²) >= 11 is 0. The maximum absolute atomic E-state index is 11.6. The minimum absolute atomic E-state index is 0.0279. The zero-order valence-corrected chi connectivity index (χ0v) is 11.5. The van der Waals surface area contributed by atoms with E-state index in [2.05, 4.69) is 39.1 Å². The van der Waals surface area contributed by atoms with Crippen molar-refractivity contribution in [3.8, 4) is 0 Å². The standard InChI is InChI=1S/C16H17N3O/c1-12(20)16-14-7-8-19(10-15(14)17-11-18-16)9-13-5-3-2-4-6-13/h2-6,11H,7-10H2,1H3. The Morgan fingerprint density at radius 3 is 2.80 bits per heavy atom. The molecule has 1 aliphatic rings. The van der Waals surface area contributed by atoms with Gasteiger partial charge in [0.25, 0.3) is 0 Å². The molecule has 2 aromatic rings. The number of hydrogen-bond acceptors (Lipinski definition) is 4. The molecule has 0 radical (unpaired) electrons. The van der Waals surface area contributed by atoms with Crippen molar-refractivity contribution in [1.29, 1.82) is 0 Å². The van der Waals surface area contributed by atoms with Crippen molar-refractivity contribution in [3.05, 3.63) is 59.2 Å². The third kappa shape index (κ3) is 2.60. The first-order chi connectivity index (χ1) is 9.74. The van der Waals surface area contributed by atoms with Crippen LogP contribution < -0.4 is 0 Å². The number of nitrogens with zero attached hydrogens (tertiary/aromatic N) is 3. The van der Waals surface area contributed by atoms with Crippen LogP contribution in [0.15, 0.2) is 36.7 Å². The summed E-state index contributed by atoms with van der Waals surface area (Å²) in [7, 11) is 0. The van der Waals surface area contributed by atoms with E-state index in [9.17, 15) is 4.79 Å². The zero-order valence-electron chi connectivity index (χ0n) is 11.5. The van der Waals surface area contributed by atoms with Crippen LogP contribution in [0.5, 0.6) is 0 Å². The van der Waals surface area contributed by atoms with Crippen LogP contribution >= 0.6 is 0 Å². The van der Waals surface area contributed by atoms with Gasteiger partial charge >= 0.3 is 0 Å². The van der Waals surface area contributed by atoms with E-state index in [1.54, 1.807) is 6.92 Å². The Morgan fingerprint density at radius 1 is 1.25 bits per heavy atom. The van der Waals surface area contributed by atoms with Crippen LogP contribution in [0.3, 0.4) is 0 Å². The quantitative estimate of drug-likeness (QED) is 0.800. The molecule has 1 aliphatic heterocycles. The summed E-state index contributed by atoms with van der Waals surface area (Å²) < 4.78 is 0. The minimum atomic E-state index is 0.0279. The van der Waals surface area contributed by atoms with Crippen LogP contribution in [0, 0.1) is 0 Å². The van der Waals surface area contributed by atoms with Crippen molar-refractivity contribution in [2.45, 2.75) is 26.4 Å². The number of Topliss-reactive ketones (excluding diaryl/α,β-unsaturated/α-hetero) is 1. The number of fused-ring (bicyclic) bond motifs is 1. The van der Waals surface area contributed by atoms with Crippen molar-refractivity contribution in [2.75, 3.05) is 6.54 Å². The van der Waals surface area contributed by atoms with Crippen LogP contribution in [0.4, 0.5) is 0 Å². The summed E-state index contributed by atoms with van der Waals surface area (Å²) in [5.74, 6) is 0.0279. The topological polar surface area (TPSA) is 46.1 Å². The van der Waals surface area contributed by atoms with Crippen molar-refractivity contribution >= 4 is 5.78 Å². The second kappa shape index (κ2) is 5.51. The average molecular weight is 267 g/mol. The van der Waals surface area contributed by atoms with Crippen molar-refractivity contribution < 1.29 is 4.79 Å². The van der Waals surface area contributed by atoms with Gasteiger partial charge in [-0.05, 0) is 12.0 Å². The smallest absolute Gasteiger partial charge is 0.178 e. The first-order valence-corrected chi connectivity index (χ1v) is 6.84. The predicted octanol–water partition coefficient (Wildman–Crippen LogP) is 2.24. The van der Waals surface area contributed by atoms with Crippen molar-refractivity contribution in [2.24, 2.45) is 0 Å². The highest BCUT2D eigenvalue weighted by molar-refractivity contribution is 5.93. The second-order valence-electron chi connectivity index (χ2n) is 5.15. The Balaban J connectivity index is 1.79. The van der Waals surface area contributed by atoms with Crippen LogP contribution in [0.1, 0.15) is 34.2 Å². The molecular formula is C16H17N3O. The van der Waals surface area contributed by atoms with Gasteiger partial charge < -0.3 is 0 Å². The molecule has 0 saturated carbocycles. The summed E-state index contributed by atoms with van der Waals surface area (Å²) in [6, 6.07) is 10.4. The lowest BCUT2D eigenvalue weighted by Crippen LogP contribution is -2.32. The average Bonchev–Trinajstić information content (AvgIpc) is 2.47. The van der Waals surface area contributed by atoms with Gasteiger partial charge in [0.15, 0.2) is 5.78 Å². The molecule has 3 rings (SSSR count). The van der Waals surface area contributed by atoms with Gasteiger partial charge in [-0.1, -0.05) is 30.3 Å². The van der Waals surface area contributed by atoms with E-state index in [0.717, 1.165) is 37.3 Å². The monoisotopic (exact) mass is 267 g/mol. The first-order valence-electron chi connectivity index (χ1n) is 6.84. The van der Waals surface area contributed by atoms with Gasteiger partial charge in [0.05, 0.1) is 5.69 Å². The number of ketones is 1. The van der Waals surface area contributed by atoms with Gasteiger partial charge in [0.2, 0.25) is 0 Å². The van der Waals surface area contributed by atoms with Crippen molar-refractivity contribution in [3.63, 3.8) is 0 Å². The van der Waals surface area contributed by atoms with Crippen LogP contribution in [-0.4, -0.2) is 27.2 Å². The third-order valence-corrected chi connectivity index (χ3v) is 3.67. The van der Waals surface area contributed by atoms with E-state index in [0.29, 0.717) is 5.69 Å². The lowest BCUT2D eigenvalue weighted by molar-refractivity contribution is 0.101. The number of carbonyl (C=O) groups is 1. The molecule has 0 amide bonds. The molecule has 1 aromatic carbocycles. The van der Waals surface area contributed by atoms with E-state index < -0.39 is 0 Å². The molecular weight excluding hydrogens is 250 g/mol. The summed E-state index contributed by atoms with van der Waals surface area (Å²) in [6.45, 7) is 4.21. The summed E-state index contributed by atoms with van der Waals surface area (Å²) in [5, 5.41) is 0. The van der Waals surface area contributed by atoms with Gasteiger partial charge in [0, 0.05) is 32.1 Å². The van der Waals surface area contributed by atoms with Gasteiger partial charge in [0.1, 0.15) is 12.0 Å². The number of hydrogen-bond donors (Lipinski definition) is 0. The SMILES string of the molecule is CC(=O)c1ncnc2c1CCN(Cc1ccccc1)C2. The first kappa shape index (κ1) is 12.9. The lowest BCUT2D eigenvalue weighted by atomic mass is 10.0. The van der Waals surface area contributed by atoms with E-state index in [4.69, 9.17) is 0 Å². The Morgan fingerprint density at radius 2 is 2.05 bits per heavy atom. The molecule has 2 heterocycles. The molecule has 0 unspecified atom stereocenters. The molecule has 102 valence electrons. The maximum atomic E-state index is 11.6. The molecule has 0 saturated heterocycles. The Hall–Kier alpha value is -2.07. The van der Waals surface area contributed by atoms with E-state index in [1.165, 1.54) is 11.9 Å². The van der Waals surface area contributed by atoms with Gasteiger partial charge in [-0.2, -0.15) is 0 Å². The molecule has 4 nitrogen and oxygen atoms in total. The molecule has 1 aromatic heterocycles. The highest BCUT2D eigenvalue weighted by atomic mass is 16.1. The second-order valence-corrected chi connectivity index (χ2v) is 5.15. The lowest BCUT2D eigenvalue weighted by Gasteiger charge is -2.28. The summed E-state index contributed by atoms with van der Waals surface area (Å²) in [6.07, 6.45) is 2.35. The fourth-order valence-corrected chi connectivity index (χ4v) is 2.69. The predicted molar refractivity (Wildman–Crippen MR) is 76.3 cm³/mol. The zero-order chi connectivity index (χ0) is 13.9. The largest absolute Gasteiger partial charge is 0.293 e. The molecule has 0 fully saturated rings. The molecule has 0 spiro atoms. The summed E-state index contributed by atoms with van der Waals surface area (Å²) in [4.78, 5) is 22.4. The van der Waals surface area contributed by atoms with Crippen LogP contribution in [0.2, 0.25) is 0 Å². The highest BCUT2D eigenvalue weighted by Crippen LogP contribution is 2.21. The molecule has 0 aliphatic carbocycles. The molecule has 20 heavy (non-hydrogen) atoms. The molecule has 0 atom stereocenters. The van der Waals surface area contributed by atoms with Crippen LogP contribution in [-0.2, 0) is 19.5 Å². The Bertz CT molecular complexity index is 625. The Kier molecular flexibility index (Phi) is 3.56. The van der Waals surface area contributed by atoms with Gasteiger partial charge in [-0.3, -0.25) is 9.69 Å².